The first-order valence-electron chi connectivity index (χ1n) is 13.3. The molecule has 2 aromatic heterocycles. The maximum absolute atomic E-state index is 5.70. The first kappa shape index (κ1) is 29.5. The molecule has 3 N–H and O–H groups in total. The molecule has 2 saturated heterocycles. The van der Waals surface area contributed by atoms with Gasteiger partial charge in [-0.25, -0.2) is 9.97 Å². The van der Waals surface area contributed by atoms with Gasteiger partial charge in [-0.2, -0.15) is 8.75 Å². The molecule has 0 aliphatic carbocycles. The molecule has 208 valence electrons. The van der Waals surface area contributed by atoms with Crippen molar-refractivity contribution in [2.45, 2.75) is 26.7 Å². The molecule has 0 spiro atoms. The minimum absolute atomic E-state index is 0.507. The summed E-state index contributed by atoms with van der Waals surface area (Å²) in [6.45, 7) is 12.9. The molecule has 0 saturated carbocycles. The maximum Gasteiger partial charge on any atom is 0.205 e. The van der Waals surface area contributed by atoms with Gasteiger partial charge in [0.15, 0.2) is 0 Å². The lowest BCUT2D eigenvalue weighted by molar-refractivity contribution is 0.534. The van der Waals surface area contributed by atoms with Crippen LogP contribution in [0.5, 0.6) is 0 Å². The van der Waals surface area contributed by atoms with E-state index in [1.807, 2.05) is 6.07 Å². The van der Waals surface area contributed by atoms with E-state index in [4.69, 9.17) is 11.6 Å². The molecule has 11 heteroatoms. The average molecular weight is 585 g/mol. The molecule has 4 aromatic rings. The molecule has 2 aliphatic rings. The van der Waals surface area contributed by atoms with E-state index in [9.17, 15) is 0 Å². The second-order valence-electron chi connectivity index (χ2n) is 9.53. The van der Waals surface area contributed by atoms with E-state index in [0.29, 0.717) is 4.47 Å². The highest BCUT2D eigenvalue weighted by Crippen LogP contribution is 2.19. The number of hydrogen-bond acceptors (Lipinski definition) is 10. The Labute approximate surface area is 244 Å². The monoisotopic (exact) mass is 584 g/mol. The lowest BCUT2D eigenvalue weighted by Crippen LogP contribution is -2.43. The second kappa shape index (κ2) is 16.0. The number of rotatable bonds is 5. The molecular weight excluding hydrogens is 548 g/mol. The Morgan fingerprint density at radius 3 is 1.72 bits per heavy atom. The van der Waals surface area contributed by atoms with Crippen LogP contribution >= 0.6 is 34.7 Å². The van der Waals surface area contributed by atoms with E-state index < -0.39 is 0 Å². The summed E-state index contributed by atoms with van der Waals surface area (Å²) < 4.78 is 9.13. The van der Waals surface area contributed by atoms with E-state index in [1.165, 1.54) is 45.3 Å². The third-order valence-corrected chi connectivity index (χ3v) is 7.79. The summed E-state index contributed by atoms with van der Waals surface area (Å²) in [5.41, 5.74) is 5.04. The van der Waals surface area contributed by atoms with Gasteiger partial charge in [0.05, 0.1) is 0 Å². The second-order valence-corrected chi connectivity index (χ2v) is 11.6. The third-order valence-electron chi connectivity index (χ3n) is 6.13. The van der Waals surface area contributed by atoms with Crippen LogP contribution in [0.1, 0.15) is 33.9 Å². The van der Waals surface area contributed by atoms with Crippen LogP contribution in [0, 0.1) is 13.8 Å². The summed E-state index contributed by atoms with van der Waals surface area (Å²) in [5.74, 6) is 1.73. The van der Waals surface area contributed by atoms with Crippen molar-refractivity contribution < 1.29 is 0 Å². The Morgan fingerprint density at radius 1 is 0.718 bits per heavy atom. The number of aromatic nitrogens is 4. The summed E-state index contributed by atoms with van der Waals surface area (Å²) in [7, 11) is 0. The van der Waals surface area contributed by atoms with Crippen LogP contribution in [-0.2, 0) is 12.8 Å². The van der Waals surface area contributed by atoms with E-state index in [2.05, 4.69) is 95.9 Å². The first-order chi connectivity index (χ1) is 19.0. The van der Waals surface area contributed by atoms with Crippen molar-refractivity contribution in [3.05, 3.63) is 86.9 Å². The van der Waals surface area contributed by atoms with Gasteiger partial charge in [0, 0.05) is 76.7 Å². The highest BCUT2D eigenvalue weighted by Gasteiger charge is 2.15. The molecular formula is C28H37ClN8S2. The summed E-state index contributed by atoms with van der Waals surface area (Å²) >= 11 is 8.45. The standard InChI is InChI=1S/C14H18N4S.C10H9ClN2S.C4H10N2/c1-11-3-2-4-12(9-11)10-13-16-14(19-17-13)18-7-5-15-6-8-18;1-7-3-2-4-8(5-7)6-9-12-10(11)14-13-9;1-2-6-4-3-5-1/h2-4,9,15H,5-8,10H2,1H3;2-5H,6H2,1H3;5-6H,1-4H2. The van der Waals surface area contributed by atoms with Crippen molar-refractivity contribution in [1.82, 2.24) is 34.7 Å². The fourth-order valence-electron chi connectivity index (χ4n) is 4.22. The number of benzene rings is 2. The number of anilines is 1. The van der Waals surface area contributed by atoms with Gasteiger partial charge in [-0.05, 0) is 48.1 Å². The number of hydrogen-bond donors (Lipinski definition) is 3. The van der Waals surface area contributed by atoms with Gasteiger partial charge in [-0.3, -0.25) is 0 Å². The highest BCUT2D eigenvalue weighted by molar-refractivity contribution is 7.10. The molecule has 2 aliphatic heterocycles. The average Bonchev–Trinajstić information content (AvgIpc) is 3.60. The molecule has 8 nitrogen and oxygen atoms in total. The minimum atomic E-state index is 0.507. The highest BCUT2D eigenvalue weighted by atomic mass is 35.5. The number of aryl methyl sites for hydroxylation is 2. The molecule has 4 heterocycles. The van der Waals surface area contributed by atoms with Crippen molar-refractivity contribution in [1.29, 1.82) is 0 Å². The summed E-state index contributed by atoms with van der Waals surface area (Å²) in [6.07, 6.45) is 1.58. The van der Waals surface area contributed by atoms with Gasteiger partial charge in [-0.15, -0.1) is 0 Å². The number of piperazine rings is 2. The van der Waals surface area contributed by atoms with Crippen molar-refractivity contribution in [2.24, 2.45) is 0 Å². The van der Waals surface area contributed by atoms with Gasteiger partial charge in [-0.1, -0.05) is 59.7 Å². The van der Waals surface area contributed by atoms with Gasteiger partial charge in [0.25, 0.3) is 0 Å². The van der Waals surface area contributed by atoms with Crippen LogP contribution in [0.15, 0.2) is 48.5 Å². The number of halogens is 1. The topological polar surface area (TPSA) is 90.9 Å². The summed E-state index contributed by atoms with van der Waals surface area (Å²) in [5, 5.41) is 10.9. The normalized spacial score (nSPS) is 15.1. The predicted octanol–water partition coefficient (Wildman–Crippen LogP) is 4.12. The Kier molecular flexibility index (Phi) is 12.1. The molecule has 0 bridgehead atoms. The quantitative estimate of drug-likeness (QED) is 0.323. The Hall–Kier alpha value is -2.47. The van der Waals surface area contributed by atoms with E-state index >= 15 is 0 Å². The van der Waals surface area contributed by atoms with Crippen molar-refractivity contribution >= 4 is 39.8 Å². The van der Waals surface area contributed by atoms with E-state index in [0.717, 1.165) is 82.0 Å². The maximum atomic E-state index is 5.70. The lowest BCUT2D eigenvalue weighted by atomic mass is 10.1. The van der Waals surface area contributed by atoms with Gasteiger partial charge < -0.3 is 20.9 Å². The Balaban J connectivity index is 0.000000154. The fourth-order valence-corrected chi connectivity index (χ4v) is 5.59. The molecule has 0 unspecified atom stereocenters. The van der Waals surface area contributed by atoms with Crippen molar-refractivity contribution in [3.8, 4) is 0 Å². The summed E-state index contributed by atoms with van der Waals surface area (Å²) in [6, 6.07) is 16.9. The Bertz CT molecular complexity index is 1260. The third kappa shape index (κ3) is 10.6. The van der Waals surface area contributed by atoms with Crippen LogP contribution in [0.25, 0.3) is 0 Å². The zero-order valence-corrected chi connectivity index (χ0v) is 25.0. The molecule has 0 amide bonds. The Morgan fingerprint density at radius 2 is 1.23 bits per heavy atom. The van der Waals surface area contributed by atoms with E-state index in [-0.39, 0.29) is 0 Å². The number of nitrogens with zero attached hydrogens (tertiary/aromatic N) is 5. The van der Waals surface area contributed by atoms with E-state index in [1.54, 1.807) is 0 Å². The molecule has 39 heavy (non-hydrogen) atoms. The molecule has 2 fully saturated rings. The zero-order valence-electron chi connectivity index (χ0n) is 22.6. The van der Waals surface area contributed by atoms with Gasteiger partial charge in [0.2, 0.25) is 9.60 Å². The van der Waals surface area contributed by atoms with Crippen molar-refractivity contribution in [2.75, 3.05) is 57.3 Å². The molecule has 6 rings (SSSR count). The minimum Gasteiger partial charge on any atom is -0.344 e. The fraction of sp³-hybridized carbons (Fsp3) is 0.429. The molecule has 0 radical (unpaired) electrons. The lowest BCUT2D eigenvalue weighted by Gasteiger charge is -2.26. The first-order valence-corrected chi connectivity index (χ1v) is 15.3. The smallest absolute Gasteiger partial charge is 0.205 e. The summed E-state index contributed by atoms with van der Waals surface area (Å²) in [4.78, 5) is 11.1. The zero-order chi connectivity index (χ0) is 27.3. The van der Waals surface area contributed by atoms with Crippen LogP contribution in [0.4, 0.5) is 5.13 Å². The van der Waals surface area contributed by atoms with Crippen molar-refractivity contribution in [3.63, 3.8) is 0 Å². The SMILES string of the molecule is C1CNCCN1.Cc1cccc(Cc2nsc(Cl)n2)c1.Cc1cccc(Cc2nsc(N3CCNCC3)n2)c1. The van der Waals surface area contributed by atoms with Gasteiger partial charge >= 0.3 is 0 Å². The van der Waals surface area contributed by atoms with Crippen LogP contribution in [0.3, 0.4) is 0 Å². The molecule has 2 aromatic carbocycles. The van der Waals surface area contributed by atoms with Crippen LogP contribution in [-0.4, -0.2) is 71.1 Å². The predicted molar refractivity (Wildman–Crippen MR) is 164 cm³/mol. The van der Waals surface area contributed by atoms with Gasteiger partial charge in [0.1, 0.15) is 11.6 Å². The van der Waals surface area contributed by atoms with Crippen LogP contribution < -0.4 is 20.9 Å². The molecule has 0 atom stereocenters. The number of nitrogens with one attached hydrogen (secondary N) is 3. The largest absolute Gasteiger partial charge is 0.344 e. The van der Waals surface area contributed by atoms with Crippen LogP contribution in [0.2, 0.25) is 4.47 Å².